The lowest BCUT2D eigenvalue weighted by Gasteiger charge is -2.25. The summed E-state index contributed by atoms with van der Waals surface area (Å²) >= 11 is 0. The molecule has 5 aromatic rings. The van der Waals surface area contributed by atoms with Crippen molar-refractivity contribution in [3.05, 3.63) is 104 Å². The van der Waals surface area contributed by atoms with Gasteiger partial charge < -0.3 is 0 Å². The number of aromatic nitrogens is 2. The van der Waals surface area contributed by atoms with Crippen LogP contribution in [0.4, 0.5) is 17.2 Å². The highest BCUT2D eigenvalue weighted by atomic mass is 15.2. The molecule has 6 rings (SSSR count). The Kier molecular flexibility index (Phi) is 3.47. The smallest absolute Gasteiger partial charge is 0.137 e. The molecule has 0 N–H and O–H groups in total. The Bertz CT molecular complexity index is 1280. The van der Waals surface area contributed by atoms with Gasteiger partial charge in [-0.15, -0.1) is 0 Å². The van der Waals surface area contributed by atoms with Gasteiger partial charge in [0.15, 0.2) is 0 Å². The second-order valence-corrected chi connectivity index (χ2v) is 7.14. The van der Waals surface area contributed by atoms with Crippen LogP contribution in [0.5, 0.6) is 0 Å². The summed E-state index contributed by atoms with van der Waals surface area (Å²) in [4.78, 5) is 11.2. The summed E-state index contributed by atoms with van der Waals surface area (Å²) in [6, 6.07) is 29.7. The molecule has 2 heterocycles. The molecule has 0 amide bonds. The molecule has 3 nitrogen and oxygen atoms in total. The minimum absolute atomic E-state index is 0.872. The van der Waals surface area contributed by atoms with E-state index in [0.717, 1.165) is 17.2 Å². The van der Waals surface area contributed by atoms with Crippen molar-refractivity contribution in [1.82, 2.24) is 9.97 Å². The second kappa shape index (κ2) is 6.28. The average Bonchev–Trinajstić information content (AvgIpc) is 3.13. The molecular weight excluding hydrogens is 354 g/mol. The fourth-order valence-electron chi connectivity index (χ4n) is 4.35. The summed E-state index contributed by atoms with van der Waals surface area (Å²) < 4.78 is 0. The van der Waals surface area contributed by atoms with Gasteiger partial charge in [0.1, 0.15) is 5.82 Å². The molecule has 136 valence electrons. The Labute approximate surface area is 168 Å². The lowest BCUT2D eigenvalue weighted by Crippen LogP contribution is -2.12. The van der Waals surface area contributed by atoms with Crippen LogP contribution in [0.25, 0.3) is 33.0 Å². The standard InChI is InChI=1S/C26H17N3/c1-2-9-20-19(8-1)21-10-5-11-23-24(14-13-22(20)26(21)23)29(18-7-6-15-27-17-18)25-12-3-4-16-28-25/h1-17H. The number of anilines is 3. The van der Waals surface area contributed by atoms with Crippen molar-refractivity contribution in [3.8, 4) is 22.3 Å². The molecule has 1 aliphatic carbocycles. The van der Waals surface area contributed by atoms with Crippen LogP contribution in [-0.4, -0.2) is 9.97 Å². The first-order valence-corrected chi connectivity index (χ1v) is 9.68. The fraction of sp³-hybridized carbons (Fsp3) is 0. The maximum absolute atomic E-state index is 4.64. The van der Waals surface area contributed by atoms with E-state index in [1.807, 2.05) is 36.7 Å². The van der Waals surface area contributed by atoms with Gasteiger partial charge in [0, 0.05) is 17.8 Å². The third kappa shape index (κ3) is 2.38. The predicted molar refractivity (Wildman–Crippen MR) is 119 cm³/mol. The first-order chi connectivity index (χ1) is 14.4. The Morgan fingerprint density at radius 2 is 1.38 bits per heavy atom. The van der Waals surface area contributed by atoms with Gasteiger partial charge in [0.25, 0.3) is 0 Å². The second-order valence-electron chi connectivity index (χ2n) is 7.14. The van der Waals surface area contributed by atoms with Gasteiger partial charge in [-0.2, -0.15) is 0 Å². The summed E-state index contributed by atoms with van der Waals surface area (Å²) in [6.45, 7) is 0. The van der Waals surface area contributed by atoms with E-state index >= 15 is 0 Å². The van der Waals surface area contributed by atoms with Crippen molar-refractivity contribution in [1.29, 1.82) is 0 Å². The molecule has 0 atom stereocenters. The molecule has 0 unspecified atom stereocenters. The van der Waals surface area contributed by atoms with Crippen molar-refractivity contribution in [3.63, 3.8) is 0 Å². The van der Waals surface area contributed by atoms with Gasteiger partial charge in [-0.1, -0.05) is 54.6 Å². The molecule has 0 saturated heterocycles. The minimum atomic E-state index is 0.872. The Balaban J connectivity index is 1.67. The van der Waals surface area contributed by atoms with E-state index in [9.17, 15) is 0 Å². The molecule has 2 aromatic heterocycles. The summed E-state index contributed by atoms with van der Waals surface area (Å²) in [5, 5.41) is 2.52. The Morgan fingerprint density at radius 1 is 0.586 bits per heavy atom. The summed E-state index contributed by atoms with van der Waals surface area (Å²) in [5.41, 5.74) is 7.28. The average molecular weight is 371 g/mol. The van der Waals surface area contributed by atoms with Crippen molar-refractivity contribution in [2.75, 3.05) is 4.90 Å². The lowest BCUT2D eigenvalue weighted by molar-refractivity contribution is 1.17. The van der Waals surface area contributed by atoms with Gasteiger partial charge in [0.05, 0.1) is 17.6 Å². The molecule has 0 spiro atoms. The van der Waals surface area contributed by atoms with E-state index in [4.69, 9.17) is 0 Å². The first-order valence-electron chi connectivity index (χ1n) is 9.68. The monoisotopic (exact) mass is 371 g/mol. The van der Waals surface area contributed by atoms with Crippen molar-refractivity contribution < 1.29 is 0 Å². The molecule has 3 heteroatoms. The Hall–Kier alpha value is -3.98. The normalized spacial score (nSPS) is 11.4. The number of hydrogen-bond acceptors (Lipinski definition) is 3. The van der Waals surface area contributed by atoms with Crippen LogP contribution in [0.3, 0.4) is 0 Å². The quantitative estimate of drug-likeness (QED) is 0.345. The van der Waals surface area contributed by atoms with Gasteiger partial charge in [-0.3, -0.25) is 9.88 Å². The molecular formula is C26H17N3. The van der Waals surface area contributed by atoms with Crippen LogP contribution >= 0.6 is 0 Å². The molecule has 0 aliphatic heterocycles. The zero-order valence-electron chi connectivity index (χ0n) is 15.7. The summed E-state index contributed by atoms with van der Waals surface area (Å²) in [5.74, 6) is 0.872. The molecule has 0 radical (unpaired) electrons. The van der Waals surface area contributed by atoms with E-state index in [1.54, 1.807) is 6.20 Å². The molecule has 0 bridgehead atoms. The zero-order valence-corrected chi connectivity index (χ0v) is 15.7. The fourth-order valence-corrected chi connectivity index (χ4v) is 4.35. The van der Waals surface area contributed by atoms with Crippen LogP contribution in [0.2, 0.25) is 0 Å². The van der Waals surface area contributed by atoms with Gasteiger partial charge in [-0.05, 0) is 58.0 Å². The van der Waals surface area contributed by atoms with Crippen molar-refractivity contribution in [2.24, 2.45) is 0 Å². The molecule has 1 aliphatic rings. The van der Waals surface area contributed by atoms with Gasteiger partial charge >= 0.3 is 0 Å². The molecule has 29 heavy (non-hydrogen) atoms. The summed E-state index contributed by atoms with van der Waals surface area (Å²) in [7, 11) is 0. The van der Waals surface area contributed by atoms with Crippen LogP contribution in [0, 0.1) is 0 Å². The number of nitrogens with zero attached hydrogens (tertiary/aromatic N) is 3. The third-order valence-electron chi connectivity index (χ3n) is 5.55. The minimum Gasteiger partial charge on any atom is -0.293 e. The highest BCUT2D eigenvalue weighted by molar-refractivity contribution is 6.19. The number of hydrogen-bond donors (Lipinski definition) is 0. The van der Waals surface area contributed by atoms with Gasteiger partial charge in [-0.25, -0.2) is 4.98 Å². The van der Waals surface area contributed by atoms with Crippen LogP contribution in [0.15, 0.2) is 104 Å². The topological polar surface area (TPSA) is 29.0 Å². The maximum Gasteiger partial charge on any atom is 0.137 e. The van der Waals surface area contributed by atoms with Gasteiger partial charge in [0.2, 0.25) is 0 Å². The van der Waals surface area contributed by atoms with Crippen molar-refractivity contribution in [2.45, 2.75) is 0 Å². The highest BCUT2D eigenvalue weighted by Gasteiger charge is 2.24. The third-order valence-corrected chi connectivity index (χ3v) is 5.55. The highest BCUT2D eigenvalue weighted by Crippen LogP contribution is 2.50. The number of benzene rings is 3. The van der Waals surface area contributed by atoms with Crippen LogP contribution in [0.1, 0.15) is 0 Å². The summed E-state index contributed by atoms with van der Waals surface area (Å²) in [6.07, 6.45) is 5.51. The van der Waals surface area contributed by atoms with E-state index < -0.39 is 0 Å². The maximum atomic E-state index is 4.64. The van der Waals surface area contributed by atoms with Crippen molar-refractivity contribution >= 4 is 28.0 Å². The first kappa shape index (κ1) is 16.0. The van der Waals surface area contributed by atoms with Crippen LogP contribution < -0.4 is 4.90 Å². The van der Waals surface area contributed by atoms with E-state index in [1.165, 1.54) is 33.0 Å². The van der Waals surface area contributed by atoms with Crippen LogP contribution in [-0.2, 0) is 0 Å². The van der Waals surface area contributed by atoms with E-state index in [0.29, 0.717) is 0 Å². The largest absolute Gasteiger partial charge is 0.293 e. The zero-order chi connectivity index (χ0) is 19.2. The van der Waals surface area contributed by atoms with E-state index in [2.05, 4.69) is 75.5 Å². The van der Waals surface area contributed by atoms with E-state index in [-0.39, 0.29) is 0 Å². The molecule has 3 aromatic carbocycles. The number of pyridine rings is 2. The lowest BCUT2D eigenvalue weighted by atomic mass is 10.0. The number of fused-ring (bicyclic) bond motifs is 3. The predicted octanol–water partition coefficient (Wildman–Crippen LogP) is 6.75. The molecule has 0 saturated carbocycles. The number of rotatable bonds is 3. The Morgan fingerprint density at radius 3 is 2.14 bits per heavy atom. The molecule has 0 fully saturated rings. The SMILES string of the molecule is c1ccc(N(c2cccnc2)c2ccc3c4c(cccc24)-c2ccccc2-3)nc1.